The first-order chi connectivity index (χ1) is 8.72. The molecular formula is C11H19NO7. The lowest BCUT2D eigenvalue weighted by atomic mass is 10.0. The van der Waals surface area contributed by atoms with Crippen molar-refractivity contribution in [1.29, 1.82) is 0 Å². The number of likely N-dealkylation sites (N-methyl/N-ethyl adjacent to an activating group) is 1. The predicted molar refractivity (Wildman–Crippen MR) is 63.9 cm³/mol. The molecule has 4 atom stereocenters. The summed E-state index contributed by atoms with van der Waals surface area (Å²) >= 11 is 0. The summed E-state index contributed by atoms with van der Waals surface area (Å²) < 4.78 is 4.56. The minimum absolute atomic E-state index is 0.104. The summed E-state index contributed by atoms with van der Waals surface area (Å²) in [6, 6.07) is 0. The van der Waals surface area contributed by atoms with E-state index in [4.69, 9.17) is 0 Å². The summed E-state index contributed by atoms with van der Waals surface area (Å²) in [5.41, 5.74) is 0.104. The van der Waals surface area contributed by atoms with E-state index in [1.165, 1.54) is 14.0 Å². The Balaban J connectivity index is 4.39. The van der Waals surface area contributed by atoms with Crippen LogP contribution in [0.4, 0.5) is 0 Å². The van der Waals surface area contributed by atoms with Crippen LogP contribution in [-0.4, -0.2) is 70.4 Å². The standard InChI is InChI=1S/C11H19NO7/c1-5(2)11(18)19-4-6(13)7(14)8(15)9(16)10(17)12-3/h6-9,13-16H,1,4H2,2-3H3,(H,12,17)/t6-,7-,8+,9-/m1/s1. The van der Waals surface area contributed by atoms with Crippen LogP contribution in [0.25, 0.3) is 0 Å². The van der Waals surface area contributed by atoms with Crippen molar-refractivity contribution >= 4 is 11.9 Å². The minimum Gasteiger partial charge on any atom is -0.459 e. The molecule has 0 radical (unpaired) electrons. The maximum Gasteiger partial charge on any atom is 0.333 e. The van der Waals surface area contributed by atoms with Crippen LogP contribution in [-0.2, 0) is 14.3 Å². The summed E-state index contributed by atoms with van der Waals surface area (Å²) in [4.78, 5) is 22.1. The molecule has 19 heavy (non-hydrogen) atoms. The highest BCUT2D eigenvalue weighted by atomic mass is 16.5. The Morgan fingerprint density at radius 1 is 1.21 bits per heavy atom. The number of esters is 1. The molecular weight excluding hydrogens is 258 g/mol. The summed E-state index contributed by atoms with van der Waals surface area (Å²) in [7, 11) is 1.23. The molecule has 8 heteroatoms. The van der Waals surface area contributed by atoms with Crippen LogP contribution in [0.5, 0.6) is 0 Å². The lowest BCUT2D eigenvalue weighted by Crippen LogP contribution is -2.51. The third-order valence-electron chi connectivity index (χ3n) is 2.32. The number of carbonyl (C=O) groups is 2. The van der Waals surface area contributed by atoms with E-state index in [1.54, 1.807) is 0 Å². The zero-order chi connectivity index (χ0) is 15.2. The van der Waals surface area contributed by atoms with E-state index in [-0.39, 0.29) is 5.57 Å². The maximum absolute atomic E-state index is 11.0. The Hall–Kier alpha value is -1.48. The molecule has 0 aliphatic carbocycles. The van der Waals surface area contributed by atoms with Gasteiger partial charge in [-0.3, -0.25) is 4.79 Å². The van der Waals surface area contributed by atoms with Crippen LogP contribution in [0.1, 0.15) is 6.92 Å². The largest absolute Gasteiger partial charge is 0.459 e. The van der Waals surface area contributed by atoms with Gasteiger partial charge in [0.1, 0.15) is 24.9 Å². The number of aliphatic hydroxyl groups excluding tert-OH is 4. The Labute approximate surface area is 110 Å². The van der Waals surface area contributed by atoms with Gasteiger partial charge in [0, 0.05) is 12.6 Å². The van der Waals surface area contributed by atoms with Gasteiger partial charge in [-0.15, -0.1) is 0 Å². The molecule has 110 valence electrons. The second kappa shape index (κ2) is 7.85. The molecule has 0 bridgehead atoms. The third-order valence-corrected chi connectivity index (χ3v) is 2.32. The molecule has 8 nitrogen and oxygen atoms in total. The van der Waals surface area contributed by atoms with Gasteiger partial charge in [0.2, 0.25) is 0 Å². The van der Waals surface area contributed by atoms with Crippen LogP contribution < -0.4 is 5.32 Å². The van der Waals surface area contributed by atoms with E-state index in [1.807, 2.05) is 0 Å². The second-order valence-electron chi connectivity index (χ2n) is 3.99. The third kappa shape index (κ3) is 5.35. The van der Waals surface area contributed by atoms with E-state index >= 15 is 0 Å². The van der Waals surface area contributed by atoms with Gasteiger partial charge >= 0.3 is 5.97 Å². The lowest BCUT2D eigenvalue weighted by Gasteiger charge is -2.25. The number of amides is 1. The molecule has 0 aliphatic heterocycles. The van der Waals surface area contributed by atoms with Crippen molar-refractivity contribution in [2.75, 3.05) is 13.7 Å². The van der Waals surface area contributed by atoms with Crippen LogP contribution in [0.2, 0.25) is 0 Å². The topological polar surface area (TPSA) is 136 Å². The summed E-state index contributed by atoms with van der Waals surface area (Å²) in [6.07, 6.45) is -7.34. The average molecular weight is 277 g/mol. The zero-order valence-corrected chi connectivity index (χ0v) is 10.7. The molecule has 0 aromatic rings. The van der Waals surface area contributed by atoms with Gasteiger partial charge in [-0.1, -0.05) is 6.58 Å². The molecule has 0 unspecified atom stereocenters. The fourth-order valence-electron chi connectivity index (χ4n) is 1.10. The van der Waals surface area contributed by atoms with E-state index in [2.05, 4.69) is 16.6 Å². The first-order valence-electron chi connectivity index (χ1n) is 5.48. The van der Waals surface area contributed by atoms with Gasteiger partial charge in [-0.25, -0.2) is 4.79 Å². The molecule has 5 N–H and O–H groups in total. The molecule has 0 saturated heterocycles. The molecule has 0 spiro atoms. The number of hydrogen-bond acceptors (Lipinski definition) is 7. The SMILES string of the molecule is C=C(C)C(=O)OC[C@@H](O)[C@@H](O)[C@H](O)[C@@H](O)C(=O)NC. The van der Waals surface area contributed by atoms with Crippen molar-refractivity contribution in [3.63, 3.8) is 0 Å². The molecule has 0 aliphatic rings. The monoisotopic (exact) mass is 277 g/mol. The van der Waals surface area contributed by atoms with E-state index in [9.17, 15) is 30.0 Å². The van der Waals surface area contributed by atoms with Crippen LogP contribution in [0, 0.1) is 0 Å². The van der Waals surface area contributed by atoms with Crippen LogP contribution >= 0.6 is 0 Å². The van der Waals surface area contributed by atoms with Gasteiger partial charge in [0.15, 0.2) is 6.10 Å². The highest BCUT2D eigenvalue weighted by molar-refractivity contribution is 5.86. The zero-order valence-electron chi connectivity index (χ0n) is 10.7. The van der Waals surface area contributed by atoms with Crippen molar-refractivity contribution in [1.82, 2.24) is 5.32 Å². The van der Waals surface area contributed by atoms with Crippen molar-refractivity contribution in [3.8, 4) is 0 Å². The number of hydrogen-bond donors (Lipinski definition) is 5. The molecule has 0 rings (SSSR count). The van der Waals surface area contributed by atoms with Crippen molar-refractivity contribution in [3.05, 3.63) is 12.2 Å². The number of ether oxygens (including phenoxy) is 1. The second-order valence-corrected chi connectivity index (χ2v) is 3.99. The van der Waals surface area contributed by atoms with Gasteiger partial charge in [-0.05, 0) is 6.92 Å². The number of nitrogens with one attached hydrogen (secondary N) is 1. The van der Waals surface area contributed by atoms with Crippen LogP contribution in [0.15, 0.2) is 12.2 Å². The molecule has 1 amide bonds. The fraction of sp³-hybridized carbons (Fsp3) is 0.636. The van der Waals surface area contributed by atoms with Gasteiger partial charge in [0.25, 0.3) is 5.91 Å². The number of aliphatic hydroxyl groups is 4. The molecule has 0 fully saturated rings. The molecule has 0 heterocycles. The highest BCUT2D eigenvalue weighted by Gasteiger charge is 2.34. The Morgan fingerprint density at radius 3 is 2.16 bits per heavy atom. The smallest absolute Gasteiger partial charge is 0.333 e. The number of carbonyl (C=O) groups excluding carboxylic acids is 2. The molecule has 0 aromatic carbocycles. The van der Waals surface area contributed by atoms with Gasteiger partial charge in [-0.2, -0.15) is 0 Å². The molecule has 0 saturated carbocycles. The Bertz CT molecular complexity index is 344. The van der Waals surface area contributed by atoms with E-state index in [0.29, 0.717) is 0 Å². The first-order valence-corrected chi connectivity index (χ1v) is 5.48. The minimum atomic E-state index is -1.92. The van der Waals surface area contributed by atoms with Gasteiger partial charge < -0.3 is 30.5 Å². The normalized spacial score (nSPS) is 16.9. The lowest BCUT2D eigenvalue weighted by molar-refractivity contribution is -0.157. The van der Waals surface area contributed by atoms with Crippen molar-refractivity contribution in [2.45, 2.75) is 31.3 Å². The first kappa shape index (κ1) is 17.5. The average Bonchev–Trinajstić information content (AvgIpc) is 2.40. The summed E-state index contributed by atoms with van der Waals surface area (Å²) in [6.45, 7) is 4.11. The maximum atomic E-state index is 11.0. The Morgan fingerprint density at radius 2 is 1.74 bits per heavy atom. The Kier molecular flexibility index (Phi) is 7.23. The van der Waals surface area contributed by atoms with E-state index in [0.717, 1.165) is 0 Å². The van der Waals surface area contributed by atoms with Crippen molar-refractivity contribution in [2.24, 2.45) is 0 Å². The van der Waals surface area contributed by atoms with E-state index < -0.39 is 42.9 Å². The predicted octanol–water partition coefficient (Wildman–Crippen LogP) is -2.70. The van der Waals surface area contributed by atoms with Gasteiger partial charge in [0.05, 0.1) is 0 Å². The highest BCUT2D eigenvalue weighted by Crippen LogP contribution is 2.07. The fourth-order valence-corrected chi connectivity index (χ4v) is 1.10. The van der Waals surface area contributed by atoms with Crippen LogP contribution in [0.3, 0.4) is 0 Å². The quantitative estimate of drug-likeness (QED) is 0.252. The summed E-state index contributed by atoms with van der Waals surface area (Å²) in [5.74, 6) is -1.69. The molecule has 0 aromatic heterocycles. The van der Waals surface area contributed by atoms with Crippen molar-refractivity contribution < 1.29 is 34.8 Å². The summed E-state index contributed by atoms with van der Waals surface area (Å²) in [5, 5.41) is 39.8. The number of rotatable bonds is 7.